The molecule has 0 spiro atoms. The highest BCUT2D eigenvalue weighted by molar-refractivity contribution is 5.82. The molecule has 2 heterocycles. The third-order valence-corrected chi connectivity index (χ3v) is 7.09. The Kier molecular flexibility index (Phi) is 12.6. The van der Waals surface area contributed by atoms with Gasteiger partial charge in [0.15, 0.2) is 0 Å². The molecular formula is C26H44O9. The summed E-state index contributed by atoms with van der Waals surface area (Å²) in [4.78, 5) is 22.5. The van der Waals surface area contributed by atoms with Crippen molar-refractivity contribution in [3.05, 3.63) is 11.6 Å². The zero-order valence-corrected chi connectivity index (χ0v) is 21.3. The van der Waals surface area contributed by atoms with Gasteiger partial charge in [-0.25, -0.2) is 4.79 Å². The van der Waals surface area contributed by atoms with Crippen molar-refractivity contribution in [3.8, 4) is 0 Å². The quantitative estimate of drug-likeness (QED) is 0.109. The average Bonchev–Trinajstić information content (AvgIpc) is 3.55. The summed E-state index contributed by atoms with van der Waals surface area (Å²) in [5, 5.41) is 39.5. The standard InChI is InChI=1S/C26H44O9/c1-16(13-23(30)33-11-9-7-5-4-6-8-10-22(28)29)12-20-25(32)24(31)19(15-34-20)14-21-26(35-21)17(2)18(3)27/h13,17-21,24-27,31-32H,4-12,14-15H2,1-3H3,(H,28,29)/t17-,18-,19?,20-,21-,24?,25?,26-/m0/s1. The van der Waals surface area contributed by atoms with Gasteiger partial charge in [-0.05, 0) is 39.5 Å². The second kappa shape index (κ2) is 14.9. The Hall–Kier alpha value is -1.52. The Bertz CT molecular complexity index is 692. The van der Waals surface area contributed by atoms with Crippen molar-refractivity contribution < 1.29 is 44.2 Å². The first-order valence-electron chi connectivity index (χ1n) is 13.0. The summed E-state index contributed by atoms with van der Waals surface area (Å²) in [6.07, 6.45) is 4.61. The van der Waals surface area contributed by atoms with Gasteiger partial charge in [0.1, 0.15) is 6.10 Å². The van der Waals surface area contributed by atoms with Gasteiger partial charge in [0.2, 0.25) is 0 Å². The van der Waals surface area contributed by atoms with E-state index in [4.69, 9.17) is 19.3 Å². The summed E-state index contributed by atoms with van der Waals surface area (Å²) in [7, 11) is 0. The molecule has 9 nitrogen and oxygen atoms in total. The summed E-state index contributed by atoms with van der Waals surface area (Å²) in [6.45, 7) is 6.07. The Balaban J connectivity index is 1.62. The number of carbonyl (C=O) groups is 2. The number of aliphatic hydroxyl groups excluding tert-OH is 3. The van der Waals surface area contributed by atoms with Crippen molar-refractivity contribution in [2.75, 3.05) is 13.2 Å². The van der Waals surface area contributed by atoms with Gasteiger partial charge in [-0.15, -0.1) is 0 Å². The predicted octanol–water partition coefficient (Wildman–Crippen LogP) is 2.59. The molecule has 0 aromatic heterocycles. The minimum atomic E-state index is -1.06. The van der Waals surface area contributed by atoms with E-state index in [2.05, 4.69) is 0 Å². The van der Waals surface area contributed by atoms with E-state index in [0.717, 1.165) is 32.1 Å². The summed E-state index contributed by atoms with van der Waals surface area (Å²) in [5.41, 5.74) is 0.708. The van der Waals surface area contributed by atoms with Crippen LogP contribution in [0, 0.1) is 11.8 Å². The van der Waals surface area contributed by atoms with Crippen LogP contribution in [0.5, 0.6) is 0 Å². The molecule has 2 fully saturated rings. The molecule has 9 heteroatoms. The maximum Gasteiger partial charge on any atom is 0.330 e. The number of carboxylic acid groups (broad SMARTS) is 1. The SMILES string of the molecule is CC(=CC(=O)OCCCCCCCCC(=O)O)C[C@@H]1OCC(C[C@@H]2O[C@H]2[C@@H](C)[C@H](C)O)C(O)C1O. The van der Waals surface area contributed by atoms with Crippen molar-refractivity contribution in [2.45, 2.75) is 115 Å². The lowest BCUT2D eigenvalue weighted by molar-refractivity contribution is -0.165. The molecule has 0 radical (unpaired) electrons. The molecule has 2 saturated heterocycles. The minimum Gasteiger partial charge on any atom is -0.481 e. The summed E-state index contributed by atoms with van der Waals surface area (Å²) in [5.74, 6) is -1.42. The molecule has 35 heavy (non-hydrogen) atoms. The topological polar surface area (TPSA) is 146 Å². The molecule has 0 bridgehead atoms. The fraction of sp³-hybridized carbons (Fsp3) is 0.846. The van der Waals surface area contributed by atoms with E-state index in [1.165, 1.54) is 6.08 Å². The number of aliphatic hydroxyl groups is 3. The van der Waals surface area contributed by atoms with Crippen molar-refractivity contribution in [1.29, 1.82) is 0 Å². The van der Waals surface area contributed by atoms with Gasteiger partial charge in [0.25, 0.3) is 0 Å². The van der Waals surface area contributed by atoms with Crippen LogP contribution in [0.1, 0.15) is 78.6 Å². The van der Waals surface area contributed by atoms with Gasteiger partial charge in [0.05, 0.1) is 43.7 Å². The number of carboxylic acids is 1. The predicted molar refractivity (Wildman–Crippen MR) is 129 cm³/mol. The molecule has 0 aromatic carbocycles. The van der Waals surface area contributed by atoms with Crippen LogP contribution in [0.15, 0.2) is 11.6 Å². The molecule has 2 rings (SSSR count). The number of ether oxygens (including phenoxy) is 3. The Morgan fingerprint density at radius 2 is 1.69 bits per heavy atom. The third-order valence-electron chi connectivity index (χ3n) is 7.09. The zero-order valence-electron chi connectivity index (χ0n) is 21.3. The highest BCUT2D eigenvalue weighted by atomic mass is 16.6. The molecule has 0 saturated carbocycles. The fourth-order valence-corrected chi connectivity index (χ4v) is 4.59. The van der Waals surface area contributed by atoms with Crippen LogP contribution in [0.4, 0.5) is 0 Å². The van der Waals surface area contributed by atoms with E-state index in [1.54, 1.807) is 13.8 Å². The Morgan fingerprint density at radius 1 is 1.03 bits per heavy atom. The summed E-state index contributed by atoms with van der Waals surface area (Å²) in [6, 6.07) is 0. The molecule has 0 aromatic rings. The van der Waals surface area contributed by atoms with Crippen LogP contribution >= 0.6 is 0 Å². The van der Waals surface area contributed by atoms with Gasteiger partial charge >= 0.3 is 11.9 Å². The fourth-order valence-electron chi connectivity index (χ4n) is 4.59. The van der Waals surface area contributed by atoms with Gasteiger partial charge in [-0.1, -0.05) is 38.2 Å². The number of unbranched alkanes of at least 4 members (excludes halogenated alkanes) is 5. The number of rotatable bonds is 16. The maximum atomic E-state index is 12.1. The van der Waals surface area contributed by atoms with Crippen molar-refractivity contribution in [1.82, 2.24) is 0 Å². The number of aliphatic carboxylic acids is 1. The molecule has 0 aliphatic carbocycles. The molecule has 4 N–H and O–H groups in total. The third kappa shape index (κ3) is 10.6. The van der Waals surface area contributed by atoms with Gasteiger partial charge < -0.3 is 34.6 Å². The average molecular weight is 501 g/mol. The van der Waals surface area contributed by atoms with E-state index in [1.807, 2.05) is 6.92 Å². The normalized spacial score (nSPS) is 30.5. The monoisotopic (exact) mass is 500 g/mol. The lowest BCUT2D eigenvalue weighted by Crippen LogP contribution is -2.50. The van der Waals surface area contributed by atoms with Crippen LogP contribution in [0.2, 0.25) is 0 Å². The molecule has 3 unspecified atom stereocenters. The Morgan fingerprint density at radius 3 is 2.34 bits per heavy atom. The largest absolute Gasteiger partial charge is 0.481 e. The molecule has 8 atom stereocenters. The zero-order chi connectivity index (χ0) is 26.0. The smallest absolute Gasteiger partial charge is 0.330 e. The van der Waals surface area contributed by atoms with Crippen LogP contribution < -0.4 is 0 Å². The summed E-state index contributed by atoms with van der Waals surface area (Å²) >= 11 is 0. The number of hydrogen-bond donors (Lipinski definition) is 4. The van der Waals surface area contributed by atoms with Crippen LogP contribution in [-0.2, 0) is 23.8 Å². The molecule has 202 valence electrons. The van der Waals surface area contributed by atoms with Gasteiger partial charge in [-0.2, -0.15) is 0 Å². The van der Waals surface area contributed by atoms with Gasteiger partial charge in [0, 0.05) is 24.3 Å². The van der Waals surface area contributed by atoms with Gasteiger partial charge in [-0.3, -0.25) is 4.79 Å². The first kappa shape index (κ1) is 29.7. The first-order valence-corrected chi connectivity index (χ1v) is 13.0. The molecular weight excluding hydrogens is 456 g/mol. The number of carbonyl (C=O) groups excluding carboxylic acids is 1. The highest BCUT2D eigenvalue weighted by Crippen LogP contribution is 2.38. The van der Waals surface area contributed by atoms with E-state index in [9.17, 15) is 24.9 Å². The summed E-state index contributed by atoms with van der Waals surface area (Å²) < 4.78 is 16.7. The molecule has 2 aliphatic heterocycles. The van der Waals surface area contributed by atoms with Crippen LogP contribution in [0.3, 0.4) is 0 Å². The second-order valence-electron chi connectivity index (χ2n) is 10.2. The van der Waals surface area contributed by atoms with E-state index < -0.39 is 36.4 Å². The number of epoxide rings is 1. The second-order valence-corrected chi connectivity index (χ2v) is 10.2. The minimum absolute atomic E-state index is 0.0160. The molecule has 0 amide bonds. The van der Waals surface area contributed by atoms with E-state index >= 15 is 0 Å². The van der Waals surface area contributed by atoms with Crippen LogP contribution in [-0.4, -0.2) is 82.2 Å². The number of hydrogen-bond acceptors (Lipinski definition) is 8. The lowest BCUT2D eigenvalue weighted by Gasteiger charge is -2.38. The highest BCUT2D eigenvalue weighted by Gasteiger charge is 2.48. The molecule has 2 aliphatic rings. The lowest BCUT2D eigenvalue weighted by atomic mass is 9.85. The first-order chi connectivity index (χ1) is 16.6. The van der Waals surface area contributed by atoms with Crippen molar-refractivity contribution >= 4 is 11.9 Å². The Labute approximate surface area is 208 Å². The van der Waals surface area contributed by atoms with E-state index in [-0.39, 0.29) is 30.5 Å². The van der Waals surface area contributed by atoms with E-state index in [0.29, 0.717) is 38.0 Å². The maximum absolute atomic E-state index is 12.1. The number of esters is 1. The van der Waals surface area contributed by atoms with Crippen molar-refractivity contribution in [3.63, 3.8) is 0 Å². The van der Waals surface area contributed by atoms with Crippen LogP contribution in [0.25, 0.3) is 0 Å². The van der Waals surface area contributed by atoms with Crippen molar-refractivity contribution in [2.24, 2.45) is 11.8 Å².